The Kier molecular flexibility index (Phi) is 2.06. The van der Waals surface area contributed by atoms with E-state index in [0.29, 0.717) is 10.8 Å². The van der Waals surface area contributed by atoms with E-state index in [1.54, 1.807) is 0 Å². The molecule has 54 valence electrons. The summed E-state index contributed by atoms with van der Waals surface area (Å²) in [5.74, 6) is -0.296. The molecule has 0 fully saturated rings. The maximum atomic E-state index is 12.3. The molecule has 0 radical (unpaired) electrons. The first-order chi connectivity index (χ1) is 4.74. The Bertz CT molecular complexity index is 241. The van der Waals surface area contributed by atoms with Crippen molar-refractivity contribution in [1.82, 2.24) is 4.98 Å². The third-order valence-corrected chi connectivity index (χ3v) is 1.29. The average molecular weight is 162 g/mol. The van der Waals surface area contributed by atoms with E-state index in [1.807, 2.05) is 0 Å². The third-order valence-electron chi connectivity index (χ3n) is 1.01. The molecule has 1 rings (SSSR count). The van der Waals surface area contributed by atoms with Crippen LogP contribution in [0.1, 0.15) is 0 Å². The Morgan fingerprint density at radius 3 is 2.90 bits per heavy atom. The second kappa shape index (κ2) is 2.84. The standard InChI is InChI=1S/C6H5ClFNO/c1-10-5-2-6(8)9-3-4(5)7/h2-3H,1H3. The van der Waals surface area contributed by atoms with Crippen LogP contribution in [0, 0.1) is 5.95 Å². The van der Waals surface area contributed by atoms with E-state index in [-0.39, 0.29) is 0 Å². The van der Waals surface area contributed by atoms with Gasteiger partial charge in [0.25, 0.3) is 0 Å². The highest BCUT2D eigenvalue weighted by Gasteiger charge is 2.00. The van der Waals surface area contributed by atoms with E-state index in [9.17, 15) is 4.39 Å². The van der Waals surface area contributed by atoms with Crippen molar-refractivity contribution < 1.29 is 9.13 Å². The minimum absolute atomic E-state index is 0.300. The molecule has 0 aromatic carbocycles. The molecule has 4 heteroatoms. The highest BCUT2D eigenvalue weighted by atomic mass is 35.5. The molecule has 0 spiro atoms. The predicted octanol–water partition coefficient (Wildman–Crippen LogP) is 1.88. The summed E-state index contributed by atoms with van der Waals surface area (Å²) in [5, 5.41) is 0.309. The molecule has 0 aliphatic carbocycles. The number of aromatic nitrogens is 1. The van der Waals surface area contributed by atoms with Gasteiger partial charge in [-0.15, -0.1) is 0 Å². The second-order valence-electron chi connectivity index (χ2n) is 1.64. The fraction of sp³-hybridized carbons (Fsp3) is 0.167. The Morgan fingerprint density at radius 2 is 2.40 bits per heavy atom. The fourth-order valence-corrected chi connectivity index (χ4v) is 0.733. The number of methoxy groups -OCH3 is 1. The number of halogens is 2. The highest BCUT2D eigenvalue weighted by Crippen LogP contribution is 2.22. The number of nitrogens with zero attached hydrogens (tertiary/aromatic N) is 1. The lowest BCUT2D eigenvalue weighted by atomic mass is 10.4. The van der Waals surface area contributed by atoms with E-state index in [2.05, 4.69) is 4.98 Å². The van der Waals surface area contributed by atoms with Gasteiger partial charge in [-0.3, -0.25) is 0 Å². The SMILES string of the molecule is COc1cc(F)ncc1Cl. The van der Waals surface area contributed by atoms with Crippen LogP contribution < -0.4 is 4.74 Å². The Morgan fingerprint density at radius 1 is 1.70 bits per heavy atom. The molecule has 10 heavy (non-hydrogen) atoms. The summed E-state index contributed by atoms with van der Waals surface area (Å²) < 4.78 is 17.0. The monoisotopic (exact) mass is 161 g/mol. The van der Waals surface area contributed by atoms with Crippen molar-refractivity contribution in [3.8, 4) is 5.75 Å². The zero-order valence-corrected chi connectivity index (χ0v) is 6.02. The molecule has 1 aromatic rings. The van der Waals surface area contributed by atoms with Crippen molar-refractivity contribution in [2.75, 3.05) is 7.11 Å². The largest absolute Gasteiger partial charge is 0.495 e. The quantitative estimate of drug-likeness (QED) is 0.587. The van der Waals surface area contributed by atoms with Crippen LogP contribution in [-0.4, -0.2) is 12.1 Å². The number of hydrogen-bond donors (Lipinski definition) is 0. The third kappa shape index (κ3) is 1.36. The minimum Gasteiger partial charge on any atom is -0.495 e. The van der Waals surface area contributed by atoms with Crippen LogP contribution in [0.25, 0.3) is 0 Å². The van der Waals surface area contributed by atoms with Gasteiger partial charge in [-0.05, 0) is 0 Å². The molecule has 0 atom stereocenters. The lowest BCUT2D eigenvalue weighted by Crippen LogP contribution is -1.87. The van der Waals surface area contributed by atoms with E-state index in [0.717, 1.165) is 6.07 Å². The summed E-state index contributed by atoms with van der Waals surface area (Å²) in [5.41, 5.74) is 0. The van der Waals surface area contributed by atoms with Crippen LogP contribution in [0.2, 0.25) is 5.02 Å². The zero-order valence-electron chi connectivity index (χ0n) is 5.27. The zero-order chi connectivity index (χ0) is 7.56. The number of pyridine rings is 1. The van der Waals surface area contributed by atoms with Crippen LogP contribution in [0.5, 0.6) is 5.75 Å². The van der Waals surface area contributed by atoms with Crippen molar-refractivity contribution in [2.45, 2.75) is 0 Å². The molecule has 1 aromatic heterocycles. The van der Waals surface area contributed by atoms with Crippen molar-refractivity contribution in [3.05, 3.63) is 23.2 Å². The average Bonchev–Trinajstić information content (AvgIpc) is 1.94. The molecule has 0 unspecified atom stereocenters. The Hall–Kier alpha value is -0.830. The van der Waals surface area contributed by atoms with Crippen molar-refractivity contribution in [2.24, 2.45) is 0 Å². The van der Waals surface area contributed by atoms with Gasteiger partial charge in [0.15, 0.2) is 0 Å². The molecule has 0 saturated carbocycles. The second-order valence-corrected chi connectivity index (χ2v) is 2.05. The van der Waals surface area contributed by atoms with Crippen molar-refractivity contribution in [3.63, 3.8) is 0 Å². The van der Waals surface area contributed by atoms with E-state index < -0.39 is 5.95 Å². The number of ether oxygens (including phenoxy) is 1. The molecular weight excluding hydrogens is 157 g/mol. The van der Waals surface area contributed by atoms with Gasteiger partial charge in [0.05, 0.1) is 13.3 Å². The lowest BCUT2D eigenvalue weighted by Gasteiger charge is -1.99. The molecular formula is C6H5ClFNO. The summed E-state index contributed by atoms with van der Waals surface area (Å²) in [7, 11) is 1.42. The lowest BCUT2D eigenvalue weighted by molar-refractivity contribution is 0.409. The van der Waals surface area contributed by atoms with Crippen molar-refractivity contribution >= 4 is 11.6 Å². The maximum absolute atomic E-state index is 12.3. The smallest absolute Gasteiger partial charge is 0.216 e. The van der Waals surface area contributed by atoms with Gasteiger partial charge in [-0.2, -0.15) is 4.39 Å². The fourth-order valence-electron chi connectivity index (χ4n) is 0.553. The topological polar surface area (TPSA) is 22.1 Å². The van der Waals surface area contributed by atoms with Gasteiger partial charge in [0.2, 0.25) is 5.95 Å². The number of rotatable bonds is 1. The summed E-state index contributed by atoms with van der Waals surface area (Å²) >= 11 is 5.54. The van der Waals surface area contributed by atoms with Gasteiger partial charge < -0.3 is 4.74 Å². The predicted molar refractivity (Wildman–Crippen MR) is 35.8 cm³/mol. The van der Waals surface area contributed by atoms with Gasteiger partial charge >= 0.3 is 0 Å². The molecule has 0 saturated heterocycles. The first kappa shape index (κ1) is 7.28. The van der Waals surface area contributed by atoms with Gasteiger partial charge in [-0.25, -0.2) is 4.98 Å². The maximum Gasteiger partial charge on any atom is 0.216 e. The summed E-state index contributed by atoms with van der Waals surface area (Å²) in [6, 6.07) is 1.13. The minimum atomic E-state index is -0.596. The van der Waals surface area contributed by atoms with Crippen molar-refractivity contribution in [1.29, 1.82) is 0 Å². The normalized spacial score (nSPS) is 9.50. The molecule has 0 bridgehead atoms. The summed E-state index contributed by atoms with van der Waals surface area (Å²) in [6.45, 7) is 0. The van der Waals surface area contributed by atoms with Gasteiger partial charge in [-0.1, -0.05) is 11.6 Å². The molecule has 0 aliphatic heterocycles. The summed E-state index contributed by atoms with van der Waals surface area (Å²) in [4.78, 5) is 3.31. The molecule has 1 heterocycles. The van der Waals surface area contributed by atoms with Crippen LogP contribution >= 0.6 is 11.6 Å². The molecule has 0 N–H and O–H groups in total. The van der Waals surface area contributed by atoms with Crippen LogP contribution in [-0.2, 0) is 0 Å². The first-order valence-corrected chi connectivity index (χ1v) is 2.97. The van der Waals surface area contributed by atoms with Gasteiger partial charge in [0, 0.05) is 6.07 Å². The first-order valence-electron chi connectivity index (χ1n) is 2.59. The van der Waals surface area contributed by atoms with Crippen LogP contribution in [0.4, 0.5) is 4.39 Å². The van der Waals surface area contributed by atoms with E-state index >= 15 is 0 Å². The van der Waals surface area contributed by atoms with E-state index in [1.165, 1.54) is 13.3 Å². The Labute approximate surface area is 62.6 Å². The Balaban J connectivity index is 3.09. The van der Waals surface area contributed by atoms with Gasteiger partial charge in [0.1, 0.15) is 10.8 Å². The summed E-state index contributed by atoms with van der Waals surface area (Å²) in [6.07, 6.45) is 1.20. The van der Waals surface area contributed by atoms with E-state index in [4.69, 9.17) is 16.3 Å². The highest BCUT2D eigenvalue weighted by molar-refractivity contribution is 6.31. The van der Waals surface area contributed by atoms with Crippen LogP contribution in [0.3, 0.4) is 0 Å². The van der Waals surface area contributed by atoms with Crippen LogP contribution in [0.15, 0.2) is 12.3 Å². The molecule has 0 aliphatic rings. The molecule has 0 amide bonds. The molecule has 2 nitrogen and oxygen atoms in total. The number of hydrogen-bond acceptors (Lipinski definition) is 2.